The van der Waals surface area contributed by atoms with Gasteiger partial charge in [-0.1, -0.05) is 33.0 Å². The summed E-state index contributed by atoms with van der Waals surface area (Å²) in [4.78, 5) is 14.5. The van der Waals surface area contributed by atoms with E-state index in [1.54, 1.807) is 0 Å². The van der Waals surface area contributed by atoms with Crippen molar-refractivity contribution in [3.63, 3.8) is 0 Å². The number of hydrogen-bond donors (Lipinski definition) is 1. The molecule has 0 spiro atoms. The molecule has 0 aliphatic heterocycles. The molecule has 15 heavy (non-hydrogen) atoms. The first-order valence-electron chi connectivity index (χ1n) is 5.26. The average Bonchev–Trinajstić information content (AvgIpc) is 2.84. The molecule has 0 unspecified atom stereocenters. The zero-order valence-electron chi connectivity index (χ0n) is 9.33. The normalized spacial score (nSPS) is 16.7. The third-order valence-electron chi connectivity index (χ3n) is 2.66. The molecular weight excluding hydrogens is 208 g/mol. The number of hydrogen-bond acceptors (Lipinski definition) is 2. The summed E-state index contributed by atoms with van der Waals surface area (Å²) in [5.74, 6) is 0. The van der Waals surface area contributed by atoms with Crippen molar-refractivity contribution in [2.24, 2.45) is 0 Å². The highest BCUT2D eigenvalue weighted by Crippen LogP contribution is 2.36. The Balaban J connectivity index is 2.70. The van der Waals surface area contributed by atoms with Gasteiger partial charge in [-0.15, -0.1) is 0 Å². The highest BCUT2D eigenvalue weighted by molar-refractivity contribution is 7.71. The summed E-state index contributed by atoms with van der Waals surface area (Å²) in [6.07, 6.45) is 2.21. The van der Waals surface area contributed by atoms with Crippen LogP contribution in [-0.4, -0.2) is 9.55 Å². The molecule has 0 radical (unpaired) electrons. The van der Waals surface area contributed by atoms with Gasteiger partial charge in [0.25, 0.3) is 0 Å². The zero-order chi connectivity index (χ0) is 11.2. The average molecular weight is 224 g/mol. The van der Waals surface area contributed by atoms with Gasteiger partial charge in [-0.05, 0) is 18.9 Å². The minimum Gasteiger partial charge on any atom is -0.298 e. The molecule has 3 nitrogen and oxygen atoms in total. The molecule has 4 heteroatoms. The van der Waals surface area contributed by atoms with Crippen molar-refractivity contribution in [3.05, 3.63) is 26.9 Å². The van der Waals surface area contributed by atoms with Crippen LogP contribution >= 0.6 is 12.2 Å². The second-order valence-corrected chi connectivity index (χ2v) is 5.61. The lowest BCUT2D eigenvalue weighted by Gasteiger charge is -2.23. The Morgan fingerprint density at radius 2 is 2.07 bits per heavy atom. The van der Waals surface area contributed by atoms with Crippen LogP contribution in [0.1, 0.15) is 45.3 Å². The minimum atomic E-state index is -0.0603. The van der Waals surface area contributed by atoms with Gasteiger partial charge < -0.3 is 0 Å². The van der Waals surface area contributed by atoms with Crippen LogP contribution in [0.25, 0.3) is 0 Å². The van der Waals surface area contributed by atoms with E-state index in [-0.39, 0.29) is 11.1 Å². The smallest absolute Gasteiger partial charge is 0.298 e. The molecule has 0 bridgehead atoms. The maximum absolute atomic E-state index is 11.8. The van der Waals surface area contributed by atoms with Crippen molar-refractivity contribution in [3.8, 4) is 0 Å². The van der Waals surface area contributed by atoms with E-state index >= 15 is 0 Å². The summed E-state index contributed by atoms with van der Waals surface area (Å²) >= 11 is 5.05. The number of nitrogens with one attached hydrogen (secondary N) is 1. The van der Waals surface area contributed by atoms with Crippen LogP contribution in [0.2, 0.25) is 0 Å². The Hall–Kier alpha value is -0.900. The minimum absolute atomic E-state index is 0.0373. The second kappa shape index (κ2) is 3.30. The highest BCUT2D eigenvalue weighted by atomic mass is 32.1. The summed E-state index contributed by atoms with van der Waals surface area (Å²) in [6.45, 7) is 6.32. The SMILES string of the molecule is CC(C)(C)c1cc(=S)[nH]c(=O)n1C1CC1. The van der Waals surface area contributed by atoms with Crippen molar-refractivity contribution in [2.45, 2.75) is 45.1 Å². The van der Waals surface area contributed by atoms with Crippen LogP contribution in [0, 0.1) is 4.64 Å². The van der Waals surface area contributed by atoms with E-state index in [2.05, 4.69) is 25.8 Å². The maximum atomic E-state index is 11.8. The summed E-state index contributed by atoms with van der Waals surface area (Å²) in [7, 11) is 0. The van der Waals surface area contributed by atoms with Crippen molar-refractivity contribution in [1.82, 2.24) is 9.55 Å². The Kier molecular flexibility index (Phi) is 2.34. The van der Waals surface area contributed by atoms with Gasteiger partial charge in [-0.3, -0.25) is 9.55 Å². The fourth-order valence-electron chi connectivity index (χ4n) is 1.78. The van der Waals surface area contributed by atoms with Gasteiger partial charge in [-0.25, -0.2) is 4.79 Å². The maximum Gasteiger partial charge on any atom is 0.326 e. The third kappa shape index (κ3) is 2.04. The number of aromatic amines is 1. The Bertz CT molecular complexity index is 489. The van der Waals surface area contributed by atoms with Crippen molar-refractivity contribution >= 4 is 12.2 Å². The number of nitrogens with zero attached hydrogens (tertiary/aromatic N) is 1. The van der Waals surface area contributed by atoms with Gasteiger partial charge >= 0.3 is 5.69 Å². The van der Waals surface area contributed by atoms with Gasteiger partial charge in [0.2, 0.25) is 0 Å². The second-order valence-electron chi connectivity index (χ2n) is 5.18. The van der Waals surface area contributed by atoms with Gasteiger partial charge in [0.05, 0.1) is 0 Å². The lowest BCUT2D eigenvalue weighted by atomic mass is 9.91. The van der Waals surface area contributed by atoms with E-state index in [9.17, 15) is 4.79 Å². The Morgan fingerprint density at radius 1 is 1.47 bits per heavy atom. The molecule has 0 atom stereocenters. The van der Waals surface area contributed by atoms with E-state index in [1.165, 1.54) is 0 Å². The summed E-state index contributed by atoms with van der Waals surface area (Å²) in [5.41, 5.74) is 0.943. The highest BCUT2D eigenvalue weighted by Gasteiger charge is 2.30. The van der Waals surface area contributed by atoms with Crippen LogP contribution in [0.4, 0.5) is 0 Å². The largest absolute Gasteiger partial charge is 0.326 e. The molecule has 1 aliphatic carbocycles. The van der Waals surface area contributed by atoms with Gasteiger partial charge in [0.15, 0.2) is 0 Å². The standard InChI is InChI=1S/C11H16N2OS/c1-11(2,3)8-6-9(15)12-10(14)13(8)7-4-5-7/h6-7H,4-5H2,1-3H3,(H,12,14,15). The molecule has 1 aromatic heterocycles. The Morgan fingerprint density at radius 3 is 2.53 bits per heavy atom. The molecule has 2 rings (SSSR count). The summed E-state index contributed by atoms with van der Waals surface area (Å²) in [6, 6.07) is 2.30. The topological polar surface area (TPSA) is 37.8 Å². The van der Waals surface area contributed by atoms with E-state index in [0.717, 1.165) is 18.5 Å². The molecule has 82 valence electrons. The third-order valence-corrected chi connectivity index (χ3v) is 2.88. The molecule has 1 saturated carbocycles. The van der Waals surface area contributed by atoms with Crippen LogP contribution < -0.4 is 5.69 Å². The molecule has 1 N–H and O–H groups in total. The molecular formula is C11H16N2OS. The van der Waals surface area contributed by atoms with Crippen molar-refractivity contribution < 1.29 is 0 Å². The van der Waals surface area contributed by atoms with Crippen LogP contribution in [-0.2, 0) is 5.41 Å². The Labute approximate surface area is 94.1 Å². The van der Waals surface area contributed by atoms with E-state index in [4.69, 9.17) is 12.2 Å². The molecule has 1 aromatic rings. The summed E-state index contributed by atoms with van der Waals surface area (Å²) in [5, 5.41) is 0. The summed E-state index contributed by atoms with van der Waals surface area (Å²) < 4.78 is 2.40. The fraction of sp³-hybridized carbons (Fsp3) is 0.636. The first kappa shape index (κ1) is 10.6. The zero-order valence-corrected chi connectivity index (χ0v) is 10.1. The van der Waals surface area contributed by atoms with Gasteiger partial charge in [0, 0.05) is 17.2 Å². The van der Waals surface area contributed by atoms with E-state index in [1.807, 2.05) is 10.6 Å². The molecule has 1 aliphatic rings. The monoisotopic (exact) mass is 224 g/mol. The quantitative estimate of drug-likeness (QED) is 0.744. The molecule has 0 aromatic carbocycles. The predicted octanol–water partition coefficient (Wildman–Crippen LogP) is 2.54. The van der Waals surface area contributed by atoms with Crippen molar-refractivity contribution in [2.75, 3.05) is 0 Å². The molecule has 0 saturated heterocycles. The van der Waals surface area contributed by atoms with Crippen LogP contribution in [0.15, 0.2) is 10.9 Å². The van der Waals surface area contributed by atoms with Gasteiger partial charge in [-0.2, -0.15) is 0 Å². The lowest BCUT2D eigenvalue weighted by molar-refractivity contribution is 0.497. The molecule has 1 fully saturated rings. The molecule has 1 heterocycles. The first-order chi connectivity index (χ1) is 6.89. The van der Waals surface area contributed by atoms with Crippen LogP contribution in [0.3, 0.4) is 0 Å². The van der Waals surface area contributed by atoms with E-state index < -0.39 is 0 Å². The van der Waals surface area contributed by atoms with Gasteiger partial charge in [0.1, 0.15) is 4.64 Å². The number of rotatable bonds is 1. The van der Waals surface area contributed by atoms with Crippen LogP contribution in [0.5, 0.6) is 0 Å². The lowest BCUT2D eigenvalue weighted by Crippen LogP contribution is -2.30. The predicted molar refractivity (Wildman–Crippen MR) is 62.9 cm³/mol. The van der Waals surface area contributed by atoms with E-state index in [0.29, 0.717) is 10.7 Å². The molecule has 0 amide bonds. The number of aromatic nitrogens is 2. The fourth-order valence-corrected chi connectivity index (χ4v) is 1.98. The number of H-pyrrole nitrogens is 1. The first-order valence-corrected chi connectivity index (χ1v) is 5.67. The van der Waals surface area contributed by atoms with Crippen molar-refractivity contribution in [1.29, 1.82) is 0 Å².